The average molecular weight is 216 g/mol. The van der Waals surface area contributed by atoms with Crippen molar-refractivity contribution in [3.8, 4) is 0 Å². The molecule has 1 aliphatic heterocycles. The second-order valence-electron chi connectivity index (χ2n) is 5.28. The van der Waals surface area contributed by atoms with Gasteiger partial charge in [-0.25, -0.2) is 0 Å². The van der Waals surface area contributed by atoms with Crippen molar-refractivity contribution >= 4 is 0 Å². The van der Waals surface area contributed by atoms with Crippen LogP contribution in [0.25, 0.3) is 0 Å². The van der Waals surface area contributed by atoms with E-state index in [0.29, 0.717) is 12.1 Å². The Bertz CT molecular complexity index is 367. The minimum absolute atomic E-state index is 0.323. The topological polar surface area (TPSA) is 29.3 Å². The maximum absolute atomic E-state index is 6.26. The lowest BCUT2D eigenvalue weighted by molar-refractivity contribution is 0.237. The van der Waals surface area contributed by atoms with Gasteiger partial charge < -0.3 is 5.73 Å². The molecule has 1 aromatic carbocycles. The van der Waals surface area contributed by atoms with Crippen molar-refractivity contribution in [3.05, 3.63) is 35.4 Å². The van der Waals surface area contributed by atoms with Gasteiger partial charge in [-0.2, -0.15) is 0 Å². The fourth-order valence-corrected chi connectivity index (χ4v) is 2.86. The van der Waals surface area contributed by atoms with Gasteiger partial charge in [0.25, 0.3) is 0 Å². The number of nitrogens with two attached hydrogens (primary N) is 1. The quantitative estimate of drug-likeness (QED) is 0.821. The smallest absolute Gasteiger partial charge is 0.0502 e. The number of hydrogen-bond acceptors (Lipinski definition) is 2. The van der Waals surface area contributed by atoms with Crippen LogP contribution in [0.4, 0.5) is 0 Å². The molecule has 2 unspecified atom stereocenters. The van der Waals surface area contributed by atoms with Crippen molar-refractivity contribution in [2.24, 2.45) is 5.73 Å². The maximum atomic E-state index is 6.26. The largest absolute Gasteiger partial charge is 0.326 e. The Balaban J connectivity index is 1.87. The lowest BCUT2D eigenvalue weighted by atomic mass is 9.99. The van der Waals surface area contributed by atoms with Gasteiger partial charge in [0, 0.05) is 18.6 Å². The van der Waals surface area contributed by atoms with Crippen LogP contribution in [0.15, 0.2) is 24.3 Å². The van der Waals surface area contributed by atoms with Crippen molar-refractivity contribution in [2.75, 3.05) is 6.54 Å². The summed E-state index contributed by atoms with van der Waals surface area (Å²) in [4.78, 5) is 2.62. The first-order valence-corrected chi connectivity index (χ1v) is 6.33. The van der Waals surface area contributed by atoms with E-state index in [9.17, 15) is 0 Å². The van der Waals surface area contributed by atoms with E-state index in [4.69, 9.17) is 5.73 Å². The summed E-state index contributed by atoms with van der Waals surface area (Å²) in [5, 5.41) is 0. The summed E-state index contributed by atoms with van der Waals surface area (Å²) in [6, 6.07) is 10.5. The standard InChI is InChI=1S/C14H20N2/c1-10-2-4-11(5-3-10)14-13(15)8-9-16(14)12-6-7-12/h2-5,12-14H,6-9,15H2,1H3. The van der Waals surface area contributed by atoms with Gasteiger partial charge in [0.05, 0.1) is 6.04 Å². The van der Waals surface area contributed by atoms with E-state index in [1.807, 2.05) is 0 Å². The van der Waals surface area contributed by atoms with Crippen LogP contribution in [0, 0.1) is 6.92 Å². The molecule has 0 amide bonds. The van der Waals surface area contributed by atoms with Crippen molar-refractivity contribution in [1.29, 1.82) is 0 Å². The number of aryl methyl sites for hydroxylation is 1. The number of nitrogens with zero attached hydrogens (tertiary/aromatic N) is 1. The zero-order valence-electron chi connectivity index (χ0n) is 9.89. The first kappa shape index (κ1) is 10.3. The van der Waals surface area contributed by atoms with Gasteiger partial charge in [0.15, 0.2) is 0 Å². The molecular formula is C14H20N2. The highest BCUT2D eigenvalue weighted by Gasteiger charge is 2.41. The highest BCUT2D eigenvalue weighted by Crippen LogP contribution is 2.40. The van der Waals surface area contributed by atoms with Crippen LogP contribution < -0.4 is 5.73 Å². The molecule has 2 heteroatoms. The fraction of sp³-hybridized carbons (Fsp3) is 0.571. The molecule has 86 valence electrons. The molecular weight excluding hydrogens is 196 g/mol. The van der Waals surface area contributed by atoms with Crippen LogP contribution in [0.1, 0.15) is 36.4 Å². The molecule has 3 rings (SSSR count). The van der Waals surface area contributed by atoms with E-state index in [0.717, 1.165) is 12.5 Å². The molecule has 0 radical (unpaired) electrons. The Morgan fingerprint density at radius 1 is 1.12 bits per heavy atom. The lowest BCUT2D eigenvalue weighted by Crippen LogP contribution is -2.33. The maximum Gasteiger partial charge on any atom is 0.0502 e. The molecule has 1 heterocycles. The zero-order valence-corrected chi connectivity index (χ0v) is 9.89. The molecule has 2 atom stereocenters. The first-order chi connectivity index (χ1) is 7.75. The summed E-state index contributed by atoms with van der Waals surface area (Å²) in [6.07, 6.45) is 3.89. The Hall–Kier alpha value is -0.860. The molecule has 1 saturated heterocycles. The van der Waals surface area contributed by atoms with Crippen LogP contribution in [0.3, 0.4) is 0 Å². The van der Waals surface area contributed by atoms with Gasteiger partial charge in [-0.3, -0.25) is 4.90 Å². The summed E-state index contributed by atoms with van der Waals surface area (Å²) in [5.74, 6) is 0. The van der Waals surface area contributed by atoms with E-state index in [1.165, 1.54) is 30.5 Å². The average Bonchev–Trinajstić information content (AvgIpc) is 3.05. The SMILES string of the molecule is Cc1ccc(C2C(N)CCN2C2CC2)cc1. The summed E-state index contributed by atoms with van der Waals surface area (Å²) in [5.41, 5.74) is 9.00. The second-order valence-corrected chi connectivity index (χ2v) is 5.28. The van der Waals surface area contributed by atoms with Gasteiger partial charge in [0.2, 0.25) is 0 Å². The normalized spacial score (nSPS) is 30.9. The summed E-state index contributed by atoms with van der Waals surface area (Å²) in [7, 11) is 0. The Morgan fingerprint density at radius 3 is 2.44 bits per heavy atom. The van der Waals surface area contributed by atoms with Crippen molar-refractivity contribution in [1.82, 2.24) is 4.90 Å². The van der Waals surface area contributed by atoms with E-state index < -0.39 is 0 Å². The third-order valence-electron chi connectivity index (χ3n) is 3.92. The molecule has 2 nitrogen and oxygen atoms in total. The molecule has 0 spiro atoms. The second kappa shape index (κ2) is 3.86. The van der Waals surface area contributed by atoms with Crippen LogP contribution in [-0.2, 0) is 0 Å². The van der Waals surface area contributed by atoms with Gasteiger partial charge in [-0.1, -0.05) is 29.8 Å². The van der Waals surface area contributed by atoms with Crippen molar-refractivity contribution in [2.45, 2.75) is 44.3 Å². The molecule has 2 aliphatic rings. The summed E-state index contributed by atoms with van der Waals surface area (Å²) >= 11 is 0. The Morgan fingerprint density at radius 2 is 1.81 bits per heavy atom. The van der Waals surface area contributed by atoms with Gasteiger partial charge in [-0.15, -0.1) is 0 Å². The van der Waals surface area contributed by atoms with E-state index in [-0.39, 0.29) is 0 Å². The molecule has 1 saturated carbocycles. The molecule has 0 aromatic heterocycles. The number of likely N-dealkylation sites (tertiary alicyclic amines) is 1. The predicted octanol–water partition coefficient (Wildman–Crippen LogP) is 2.23. The molecule has 16 heavy (non-hydrogen) atoms. The lowest BCUT2D eigenvalue weighted by Gasteiger charge is -2.27. The van der Waals surface area contributed by atoms with Crippen molar-refractivity contribution < 1.29 is 0 Å². The minimum Gasteiger partial charge on any atom is -0.326 e. The summed E-state index contributed by atoms with van der Waals surface area (Å²) < 4.78 is 0. The van der Waals surface area contributed by atoms with Crippen LogP contribution in [0.5, 0.6) is 0 Å². The minimum atomic E-state index is 0.323. The van der Waals surface area contributed by atoms with E-state index >= 15 is 0 Å². The van der Waals surface area contributed by atoms with Crippen LogP contribution in [0.2, 0.25) is 0 Å². The monoisotopic (exact) mass is 216 g/mol. The third-order valence-corrected chi connectivity index (χ3v) is 3.92. The molecule has 2 fully saturated rings. The van der Waals surface area contributed by atoms with Crippen LogP contribution >= 0.6 is 0 Å². The fourth-order valence-electron chi connectivity index (χ4n) is 2.86. The van der Waals surface area contributed by atoms with Gasteiger partial charge in [0.1, 0.15) is 0 Å². The van der Waals surface area contributed by atoms with Gasteiger partial charge >= 0.3 is 0 Å². The predicted molar refractivity (Wildman–Crippen MR) is 66.2 cm³/mol. The molecule has 1 aliphatic carbocycles. The summed E-state index contributed by atoms with van der Waals surface area (Å²) in [6.45, 7) is 3.32. The van der Waals surface area contributed by atoms with Crippen LogP contribution in [-0.4, -0.2) is 23.5 Å². The number of rotatable bonds is 2. The molecule has 0 bridgehead atoms. The van der Waals surface area contributed by atoms with E-state index in [2.05, 4.69) is 36.1 Å². The highest BCUT2D eigenvalue weighted by atomic mass is 15.2. The Labute approximate surface area is 97.4 Å². The number of hydrogen-bond donors (Lipinski definition) is 1. The first-order valence-electron chi connectivity index (χ1n) is 6.33. The highest BCUT2D eigenvalue weighted by molar-refractivity contribution is 5.27. The van der Waals surface area contributed by atoms with Gasteiger partial charge in [-0.05, 0) is 31.7 Å². The van der Waals surface area contributed by atoms with Crippen molar-refractivity contribution in [3.63, 3.8) is 0 Å². The Kier molecular flexibility index (Phi) is 2.49. The molecule has 2 N–H and O–H groups in total. The molecule has 1 aromatic rings. The van der Waals surface area contributed by atoms with E-state index in [1.54, 1.807) is 0 Å². The third kappa shape index (κ3) is 1.76. The number of benzene rings is 1. The zero-order chi connectivity index (χ0) is 11.1.